The summed E-state index contributed by atoms with van der Waals surface area (Å²) in [5, 5.41) is 55.5. The number of nitrogens with one attached hydrogen (secondary N) is 12. The number of rotatable bonds is 28. The van der Waals surface area contributed by atoms with Crippen LogP contribution in [-0.2, 0) is 117 Å². The van der Waals surface area contributed by atoms with Crippen molar-refractivity contribution in [2.24, 2.45) is 29.0 Å². The number of H-pyrrole nitrogens is 3. The van der Waals surface area contributed by atoms with E-state index in [-0.39, 0.29) is 88.2 Å². The van der Waals surface area contributed by atoms with Crippen LogP contribution in [-0.4, -0.2) is 310 Å². The third-order valence-corrected chi connectivity index (χ3v) is 24.7. The maximum Gasteiger partial charge on any atom is 0.323 e. The second-order valence-corrected chi connectivity index (χ2v) is 35.4. The molecule has 13 atom stereocenters. The highest BCUT2D eigenvalue weighted by molar-refractivity contribution is 8.00. The van der Waals surface area contributed by atoms with Crippen molar-refractivity contribution in [2.45, 2.75) is 223 Å². The van der Waals surface area contributed by atoms with Gasteiger partial charge in [0.1, 0.15) is 84.8 Å². The second kappa shape index (κ2) is 51.4. The van der Waals surface area contributed by atoms with Crippen LogP contribution in [0.4, 0.5) is 0 Å². The number of carboxylic acid groups (broad SMARTS) is 2. The summed E-state index contributed by atoms with van der Waals surface area (Å²) >= 11 is 0.780. The number of aromatic amines is 3. The van der Waals surface area contributed by atoms with E-state index in [1.807, 2.05) is 13.8 Å². The lowest BCUT2D eigenvalue weighted by Crippen LogP contribution is -2.60. The van der Waals surface area contributed by atoms with E-state index in [9.17, 15) is 77.6 Å². The minimum Gasteiger partial charge on any atom is -0.508 e. The molecule has 43 nitrogen and oxygen atoms in total. The Balaban J connectivity index is 1.21. The van der Waals surface area contributed by atoms with E-state index in [0.717, 1.165) is 21.6 Å². The molecule has 135 heavy (non-hydrogen) atoms. The van der Waals surface area contributed by atoms with Gasteiger partial charge in [-0.3, -0.25) is 91.1 Å². The number of aromatic hydroxyl groups is 1. The first-order valence-corrected chi connectivity index (χ1v) is 46.1. The van der Waals surface area contributed by atoms with Crippen LogP contribution in [0.2, 0.25) is 0 Å². The quantitative estimate of drug-likeness (QED) is 0.0282. The zero-order valence-electron chi connectivity index (χ0n) is 76.9. The molecule has 3 aromatic heterocycles. The molecule has 732 valence electrons. The number of phenolic OH excluding ortho intramolecular Hbond substituents is 1. The molecule has 0 radical (unpaired) electrons. The Bertz CT molecular complexity index is 5220. The first kappa shape index (κ1) is 107. The first-order valence-electron chi connectivity index (χ1n) is 44.9. The number of carbonyl (C=O) groups is 19. The summed E-state index contributed by atoms with van der Waals surface area (Å²) in [5.41, 5.74) is 20.2. The molecule has 5 heterocycles. The van der Waals surface area contributed by atoms with Gasteiger partial charge in [0.2, 0.25) is 94.5 Å². The van der Waals surface area contributed by atoms with Gasteiger partial charge in [0, 0.05) is 118 Å². The van der Waals surface area contributed by atoms with Gasteiger partial charge in [0.25, 0.3) is 0 Å². The highest BCUT2D eigenvalue weighted by atomic mass is 32.2. The molecule has 2 fully saturated rings. The number of thioether (sulfide) groups is 1. The lowest BCUT2D eigenvalue weighted by atomic mass is 9.92. The lowest BCUT2D eigenvalue weighted by molar-refractivity contribution is -0.149. The molecule has 6 aromatic rings. The molecule has 0 unspecified atom stereocenters. The monoisotopic (exact) mass is 1900 g/mol. The fraction of sp³-hybridized carbons (Fsp3) is 0.516. The average Bonchev–Trinajstić information content (AvgIpc) is 1.78. The predicted octanol–water partition coefficient (Wildman–Crippen LogP) is -0.929. The van der Waals surface area contributed by atoms with Crippen LogP contribution in [0.25, 0.3) is 21.8 Å². The van der Waals surface area contributed by atoms with Crippen molar-refractivity contribution >= 4 is 146 Å². The predicted molar refractivity (Wildman–Crippen MR) is 493 cm³/mol. The number of Topliss-reactive ketones (excluding diaryl/α,β-unsaturated/α-hetero) is 1. The topological polar surface area (TPSA) is 648 Å². The van der Waals surface area contributed by atoms with Gasteiger partial charge in [-0.15, -0.1) is 11.8 Å². The number of aromatic nitrogens is 4. The summed E-state index contributed by atoms with van der Waals surface area (Å²) in [6.07, 6.45) is 2.62. The number of primary amides is 2. The SMILES string of the molecule is CCCC[C@H]1C(=O)N(C)[C@@H](CCCC)C(=O)N[C@@H](CC(C)C)C(=O)N[C@H](C(=O)NCC(N)=O)CSCC(=O)N[C@@H](Cc2ccc(O)cc2)C(=O)N(C)[C@@H](C)C(=O)N[C@@H](CC(N)=O)C(=O)N2CCC[C@H]2C(=O)N[C@@H](Cc2cnc[nH]2)C(=O)N[C@@H](CCC(=O)O)C(=O)N(CC(=O)O)CC(=O)C[C@@H](Cc2c[nH]c3ccccc23)C(=O)N[C@@H](CCN)C(=O)N[C@@H](Cc2c[nH]c3ccccc23)C(=O)N1C. The second-order valence-electron chi connectivity index (χ2n) is 34.4. The Morgan fingerprint density at radius 3 is 1.73 bits per heavy atom. The van der Waals surface area contributed by atoms with Crippen LogP contribution in [0.3, 0.4) is 0 Å². The third kappa shape index (κ3) is 31.1. The van der Waals surface area contributed by atoms with Gasteiger partial charge in [0.15, 0.2) is 5.78 Å². The normalized spacial score (nSPS) is 23.3. The molecule has 0 spiro atoms. The number of hydrogen-bond acceptors (Lipinski definition) is 23. The highest BCUT2D eigenvalue weighted by Crippen LogP contribution is 2.28. The van der Waals surface area contributed by atoms with Gasteiger partial charge in [-0.1, -0.05) is 102 Å². The smallest absolute Gasteiger partial charge is 0.323 e. The number of fused-ring (bicyclic) bond motifs is 3. The first-order chi connectivity index (χ1) is 64.2. The summed E-state index contributed by atoms with van der Waals surface area (Å²) < 4.78 is 0. The van der Waals surface area contributed by atoms with Crippen molar-refractivity contribution in [3.63, 3.8) is 0 Å². The molecule has 2 saturated heterocycles. The zero-order valence-corrected chi connectivity index (χ0v) is 77.7. The fourth-order valence-corrected chi connectivity index (χ4v) is 17.1. The van der Waals surface area contributed by atoms with Gasteiger partial charge >= 0.3 is 11.9 Å². The van der Waals surface area contributed by atoms with Crippen molar-refractivity contribution in [3.8, 4) is 5.75 Å². The van der Waals surface area contributed by atoms with Gasteiger partial charge < -0.3 is 120 Å². The number of benzene rings is 3. The molecular weight excluding hydrogens is 1770 g/mol. The van der Waals surface area contributed by atoms with Crippen LogP contribution in [0, 0.1) is 11.8 Å². The van der Waals surface area contributed by atoms with E-state index in [0.29, 0.717) is 69.1 Å². The summed E-state index contributed by atoms with van der Waals surface area (Å²) in [7, 11) is 3.93. The van der Waals surface area contributed by atoms with Crippen LogP contribution in [0.5, 0.6) is 5.75 Å². The summed E-state index contributed by atoms with van der Waals surface area (Å²) in [5.74, 6) is -22.7. The van der Waals surface area contributed by atoms with Gasteiger partial charge in [-0.2, -0.15) is 0 Å². The molecule has 8 rings (SSSR count). The number of amides is 16. The number of aliphatic carboxylic acids is 2. The van der Waals surface area contributed by atoms with Crippen molar-refractivity contribution < 1.29 is 106 Å². The van der Waals surface area contributed by atoms with E-state index in [4.69, 9.17) is 17.2 Å². The van der Waals surface area contributed by atoms with Crippen LogP contribution in [0.1, 0.15) is 147 Å². The van der Waals surface area contributed by atoms with Gasteiger partial charge in [0.05, 0.1) is 31.6 Å². The Labute approximate surface area is 783 Å². The number of nitrogens with zero attached hydrogens (tertiary/aromatic N) is 6. The number of para-hydroxylation sites is 2. The number of imidazole rings is 1. The number of unbranched alkanes of at least 4 members (excludes halogenated alkanes) is 2. The Hall–Kier alpha value is -13.8. The number of nitrogens with two attached hydrogens (primary N) is 3. The standard InChI is InChI=1S/C91H125N21O22S/c1-9-11-22-71-85(128)103-65(34-50(3)4)83(126)107-70(81(124)98-44-75(94)116)47-135-48-76(117)100-67(35-52-25-27-57(113)28-26-52)87(130)108(6)51(5)79(122)105-69(40-74(93)115)90(133)112-33-17-24-72(112)86(129)104-66(39-56-43-95-49-99-56)84(127)102-64(29-30-77(118)119)89(132)111(46-78(120)121)45-58(114)37-53(36-54-41-96-61-20-15-13-18-59(54)61)80(123)101-63(31-32-92)82(125)106-68(38-55-42-97-62-21-16-14-19-60(55)62)88(131)110(8)73(23-12-10-2)91(134)109(71)7/h13-16,18-21,25-28,41-43,49-51,53,63-73,96-97,113H,9-12,17,22-24,29-40,44-48,92H2,1-8H3,(H2,93,115)(H2,94,116)(H,95,99)(H,98,124)(H,100,117)(H,101,123)(H,102,127)(H,103,128)(H,104,129)(H,105,122)(H,106,125)(H,107,126)(H,118,119)(H,120,121)/t51-,53+,63-,64-,65-,66-,67-,68-,69-,70-,71-,72-,73-/m0/s1. The summed E-state index contributed by atoms with van der Waals surface area (Å²) in [6, 6.07) is 0.591. The van der Waals surface area contributed by atoms with Gasteiger partial charge in [-0.05, 0) is 112 Å². The number of likely N-dealkylation sites (N-methyl/N-ethyl adjacent to an activating group) is 3. The molecule has 2 aliphatic rings. The third-order valence-electron chi connectivity index (χ3n) is 23.7. The van der Waals surface area contributed by atoms with E-state index in [1.165, 1.54) is 74.7 Å². The minimum absolute atomic E-state index is 0.0117. The molecule has 3 aromatic carbocycles. The summed E-state index contributed by atoms with van der Waals surface area (Å²) in [6.45, 7) is 4.94. The Morgan fingerprint density at radius 1 is 0.563 bits per heavy atom. The van der Waals surface area contributed by atoms with Crippen molar-refractivity contribution in [1.29, 1.82) is 0 Å². The average molecular weight is 1900 g/mol. The largest absolute Gasteiger partial charge is 0.508 e. The Morgan fingerprint density at radius 2 is 1.13 bits per heavy atom. The highest BCUT2D eigenvalue weighted by Gasteiger charge is 2.45. The molecule has 0 saturated carbocycles. The maximum absolute atomic E-state index is 15.8. The molecule has 0 aliphatic carbocycles. The van der Waals surface area contributed by atoms with E-state index < -0.39 is 254 Å². The molecule has 16 amide bonds. The van der Waals surface area contributed by atoms with Crippen molar-refractivity contribution in [1.82, 2.24) is 92.3 Å². The van der Waals surface area contributed by atoms with E-state index >= 15 is 28.8 Å². The number of phenols is 1. The maximum atomic E-state index is 15.8. The molecular formula is C91H125N21O22S. The molecule has 21 N–H and O–H groups in total. The number of carbonyl (C=O) groups excluding carboxylic acids is 17. The zero-order chi connectivity index (χ0) is 99.0. The van der Waals surface area contributed by atoms with E-state index in [1.54, 1.807) is 74.8 Å². The summed E-state index contributed by atoms with van der Waals surface area (Å²) in [4.78, 5) is 293. The van der Waals surface area contributed by atoms with Crippen LogP contribution < -0.4 is 65.1 Å². The van der Waals surface area contributed by atoms with Crippen molar-refractivity contribution in [3.05, 3.63) is 120 Å². The lowest BCUT2D eigenvalue weighted by Gasteiger charge is -2.36. The molecule has 44 heteroatoms. The minimum atomic E-state index is -1.98. The van der Waals surface area contributed by atoms with Gasteiger partial charge in [-0.25, -0.2) is 4.98 Å². The number of hydrogen-bond donors (Lipinski definition) is 18. The van der Waals surface area contributed by atoms with Crippen LogP contribution in [0.15, 0.2) is 97.7 Å². The van der Waals surface area contributed by atoms with Crippen molar-refractivity contribution in [2.75, 3.05) is 65.4 Å². The number of carboxylic acids is 2. The fourth-order valence-electron chi connectivity index (χ4n) is 16.3. The Kier molecular flexibility index (Phi) is 40.6. The molecule has 0 bridgehead atoms. The van der Waals surface area contributed by atoms with Crippen LogP contribution >= 0.6 is 11.8 Å². The number of ketones is 1. The van der Waals surface area contributed by atoms with E-state index in [2.05, 4.69) is 67.8 Å². The molecule has 2 aliphatic heterocycles.